The third kappa shape index (κ3) is 4.24. The third-order valence-electron chi connectivity index (χ3n) is 4.00. The fraction of sp³-hybridized carbons (Fsp3) is 0.625. The lowest BCUT2D eigenvalue weighted by atomic mass is 9.97. The molecule has 2 rings (SSSR count). The Bertz CT molecular complexity index is 442. The van der Waals surface area contributed by atoms with Gasteiger partial charge in [0.15, 0.2) is 0 Å². The Morgan fingerprint density at radius 3 is 2.18 bits per heavy atom. The van der Waals surface area contributed by atoms with Crippen molar-refractivity contribution in [2.24, 2.45) is 0 Å². The molecule has 1 aromatic carbocycles. The van der Waals surface area contributed by atoms with Crippen LogP contribution in [0.15, 0.2) is 12.1 Å². The number of aryl methyl sites for hydroxylation is 1. The highest BCUT2D eigenvalue weighted by Crippen LogP contribution is 2.40. The topological polar surface area (TPSA) is 33.7 Å². The van der Waals surface area contributed by atoms with Gasteiger partial charge >= 0.3 is 0 Å². The molecule has 0 unspecified atom stereocenters. The van der Waals surface area contributed by atoms with E-state index >= 15 is 0 Å². The zero-order valence-corrected chi connectivity index (χ0v) is 14.3. The van der Waals surface area contributed by atoms with E-state index in [1.807, 2.05) is 19.1 Å². The van der Waals surface area contributed by atoms with Gasteiger partial charge in [0.05, 0.1) is 26.5 Å². The molecule has 1 heterocycles. The van der Waals surface area contributed by atoms with Gasteiger partial charge < -0.3 is 14.8 Å². The lowest BCUT2D eigenvalue weighted by Gasteiger charge is -2.36. The number of nitrogens with zero attached hydrogens (tertiary/aromatic N) is 1. The van der Waals surface area contributed by atoms with Gasteiger partial charge in [-0.1, -0.05) is 0 Å². The number of benzene rings is 1. The monoisotopic (exact) mass is 332 g/mol. The average molecular weight is 333 g/mol. The normalized spacial score (nSPS) is 16.7. The lowest BCUT2D eigenvalue weighted by molar-refractivity contribution is 0.152. The Labute approximate surface area is 138 Å². The second-order valence-corrected chi connectivity index (χ2v) is 5.36. The molecule has 6 heteroatoms. The van der Waals surface area contributed by atoms with Gasteiger partial charge in [-0.05, 0) is 31.0 Å². The minimum atomic E-state index is -0.352. The molecule has 126 valence electrons. The van der Waals surface area contributed by atoms with Gasteiger partial charge in [-0.25, -0.2) is 0 Å². The van der Waals surface area contributed by atoms with Crippen LogP contribution in [0.2, 0.25) is 0 Å². The summed E-state index contributed by atoms with van der Waals surface area (Å²) in [7, 11) is 3.31. The van der Waals surface area contributed by atoms with Gasteiger partial charge in [0.1, 0.15) is 11.5 Å². The quantitative estimate of drug-likeness (QED) is 0.868. The van der Waals surface area contributed by atoms with Crippen molar-refractivity contribution in [2.75, 3.05) is 47.1 Å². The minimum absolute atomic E-state index is 0. The maximum atomic E-state index is 13.1. The summed E-state index contributed by atoms with van der Waals surface area (Å²) in [4.78, 5) is 2.31. The number of halogens is 2. The molecule has 1 atom stereocenters. The maximum absolute atomic E-state index is 13.1. The zero-order valence-electron chi connectivity index (χ0n) is 13.5. The van der Waals surface area contributed by atoms with Gasteiger partial charge in [0.25, 0.3) is 0 Å². The molecule has 0 saturated carbocycles. The molecule has 0 spiro atoms. The molecular formula is C16H26ClFN2O2. The van der Waals surface area contributed by atoms with Crippen LogP contribution in [-0.2, 0) is 0 Å². The Morgan fingerprint density at radius 1 is 1.18 bits per heavy atom. The molecule has 1 aliphatic rings. The van der Waals surface area contributed by atoms with Gasteiger partial charge in [-0.15, -0.1) is 12.4 Å². The number of rotatable bonds is 6. The molecule has 0 radical (unpaired) electrons. The van der Waals surface area contributed by atoms with Gasteiger partial charge in [0.2, 0.25) is 0 Å². The summed E-state index contributed by atoms with van der Waals surface area (Å²) in [5, 5.41) is 3.33. The first-order valence-electron chi connectivity index (χ1n) is 7.44. The number of hydrogen-bond donors (Lipinski definition) is 1. The van der Waals surface area contributed by atoms with Crippen LogP contribution in [0.25, 0.3) is 0 Å². The van der Waals surface area contributed by atoms with Crippen LogP contribution < -0.4 is 14.8 Å². The molecule has 0 amide bonds. The number of piperazine rings is 1. The summed E-state index contributed by atoms with van der Waals surface area (Å²) >= 11 is 0. The van der Waals surface area contributed by atoms with Crippen molar-refractivity contribution in [3.63, 3.8) is 0 Å². The molecule has 1 saturated heterocycles. The molecule has 0 aliphatic carbocycles. The van der Waals surface area contributed by atoms with E-state index in [0.29, 0.717) is 6.42 Å². The van der Waals surface area contributed by atoms with Crippen LogP contribution in [0.4, 0.5) is 4.39 Å². The molecule has 22 heavy (non-hydrogen) atoms. The summed E-state index contributed by atoms with van der Waals surface area (Å²) in [6.45, 7) is 5.33. The van der Waals surface area contributed by atoms with E-state index in [-0.39, 0.29) is 25.1 Å². The second-order valence-electron chi connectivity index (χ2n) is 5.36. The number of nitrogens with one attached hydrogen (secondary N) is 1. The van der Waals surface area contributed by atoms with Crippen LogP contribution in [0, 0.1) is 6.92 Å². The van der Waals surface area contributed by atoms with E-state index in [4.69, 9.17) is 9.47 Å². The van der Waals surface area contributed by atoms with Crippen molar-refractivity contribution in [1.82, 2.24) is 10.2 Å². The van der Waals surface area contributed by atoms with Crippen molar-refractivity contribution < 1.29 is 13.9 Å². The summed E-state index contributed by atoms with van der Waals surface area (Å²) in [5.74, 6) is 1.56. The predicted octanol–water partition coefficient (Wildman–Crippen LogP) is 2.74. The first kappa shape index (κ1) is 19.0. The van der Waals surface area contributed by atoms with Crippen LogP contribution in [0.3, 0.4) is 0 Å². The summed E-state index contributed by atoms with van der Waals surface area (Å²) in [6, 6.07) is 3.97. The maximum Gasteiger partial charge on any atom is 0.127 e. The zero-order chi connectivity index (χ0) is 15.2. The van der Waals surface area contributed by atoms with Crippen molar-refractivity contribution in [3.8, 4) is 11.5 Å². The van der Waals surface area contributed by atoms with Crippen LogP contribution in [-0.4, -0.2) is 52.0 Å². The van der Waals surface area contributed by atoms with E-state index in [2.05, 4.69) is 10.2 Å². The smallest absolute Gasteiger partial charge is 0.127 e. The molecule has 1 fully saturated rings. The summed E-state index contributed by atoms with van der Waals surface area (Å²) < 4.78 is 24.2. The van der Waals surface area contributed by atoms with Crippen molar-refractivity contribution in [2.45, 2.75) is 19.4 Å². The van der Waals surface area contributed by atoms with Gasteiger partial charge in [0, 0.05) is 32.2 Å². The third-order valence-corrected chi connectivity index (χ3v) is 4.00. The molecule has 4 nitrogen and oxygen atoms in total. The molecule has 1 aliphatic heterocycles. The molecular weight excluding hydrogens is 307 g/mol. The molecule has 0 bridgehead atoms. The molecule has 1 N–H and O–H groups in total. The van der Waals surface area contributed by atoms with Crippen LogP contribution in [0.1, 0.15) is 23.6 Å². The number of methoxy groups -OCH3 is 2. The van der Waals surface area contributed by atoms with E-state index in [0.717, 1.165) is 48.8 Å². The van der Waals surface area contributed by atoms with E-state index in [9.17, 15) is 4.39 Å². The summed E-state index contributed by atoms with van der Waals surface area (Å²) in [5.41, 5.74) is 2.04. The standard InChI is InChI=1S/C16H25FN2O2.ClH/c1-12-10-14(20-2)16(15(11-12)21-3)13(4-5-17)19-8-6-18-7-9-19;/h10-11,13,18H,4-9H2,1-3H3;1H/t13-;/m1./s1. The molecule has 1 aromatic rings. The number of hydrogen-bond acceptors (Lipinski definition) is 4. The highest BCUT2D eigenvalue weighted by atomic mass is 35.5. The number of alkyl halides is 1. The predicted molar refractivity (Wildman–Crippen MR) is 89.3 cm³/mol. The Kier molecular flexibility index (Phi) is 7.93. The summed E-state index contributed by atoms with van der Waals surface area (Å²) in [6.07, 6.45) is 0.454. The van der Waals surface area contributed by atoms with E-state index < -0.39 is 0 Å². The molecule has 0 aromatic heterocycles. The largest absolute Gasteiger partial charge is 0.496 e. The SMILES string of the molecule is COc1cc(C)cc(OC)c1[C@@H](CCF)N1CCNCC1.Cl. The van der Waals surface area contributed by atoms with E-state index in [1.54, 1.807) is 14.2 Å². The fourth-order valence-electron chi connectivity index (χ4n) is 3.00. The first-order chi connectivity index (χ1) is 10.2. The van der Waals surface area contributed by atoms with Gasteiger partial charge in [-0.3, -0.25) is 9.29 Å². The Balaban J connectivity index is 0.00000242. The fourth-order valence-corrected chi connectivity index (χ4v) is 3.00. The average Bonchev–Trinajstić information content (AvgIpc) is 2.53. The van der Waals surface area contributed by atoms with Crippen LogP contribution in [0.5, 0.6) is 11.5 Å². The minimum Gasteiger partial charge on any atom is -0.496 e. The Hall–Kier alpha value is -1.04. The lowest BCUT2D eigenvalue weighted by Crippen LogP contribution is -2.45. The van der Waals surface area contributed by atoms with E-state index in [1.165, 1.54) is 0 Å². The highest BCUT2D eigenvalue weighted by molar-refractivity contribution is 5.85. The van der Waals surface area contributed by atoms with Crippen molar-refractivity contribution in [1.29, 1.82) is 0 Å². The van der Waals surface area contributed by atoms with Crippen molar-refractivity contribution in [3.05, 3.63) is 23.3 Å². The Morgan fingerprint density at radius 2 is 1.73 bits per heavy atom. The second kappa shape index (κ2) is 9.18. The van der Waals surface area contributed by atoms with Crippen LogP contribution >= 0.6 is 12.4 Å². The highest BCUT2D eigenvalue weighted by Gasteiger charge is 2.28. The van der Waals surface area contributed by atoms with Crippen molar-refractivity contribution >= 4 is 12.4 Å². The first-order valence-corrected chi connectivity index (χ1v) is 7.44. The van der Waals surface area contributed by atoms with Gasteiger partial charge in [-0.2, -0.15) is 0 Å². The number of ether oxygens (including phenoxy) is 2.